The SMILES string of the molecule is CCc1ccc(-c2cc(C(=O)NCc3cnn(CC)c3)c3ccc(Cl)c(C)c3n2)cc1. The van der Waals surface area contributed by atoms with E-state index in [1.54, 1.807) is 6.20 Å². The molecular weight excluding hydrogens is 408 g/mol. The van der Waals surface area contributed by atoms with Crippen molar-refractivity contribution in [1.82, 2.24) is 20.1 Å². The number of hydrogen-bond donors (Lipinski definition) is 1. The second kappa shape index (κ2) is 8.90. The van der Waals surface area contributed by atoms with E-state index < -0.39 is 0 Å². The van der Waals surface area contributed by atoms with Gasteiger partial charge in [-0.3, -0.25) is 9.48 Å². The van der Waals surface area contributed by atoms with Crippen LogP contribution in [0.1, 0.15) is 40.9 Å². The molecule has 0 spiro atoms. The van der Waals surface area contributed by atoms with Crippen LogP contribution in [-0.4, -0.2) is 20.7 Å². The van der Waals surface area contributed by atoms with Crippen LogP contribution in [0.5, 0.6) is 0 Å². The van der Waals surface area contributed by atoms with Crippen LogP contribution >= 0.6 is 11.6 Å². The first kappa shape index (κ1) is 21.1. The normalized spacial score (nSPS) is 11.1. The second-order valence-electron chi connectivity index (χ2n) is 7.56. The molecule has 0 saturated heterocycles. The van der Waals surface area contributed by atoms with E-state index in [1.807, 2.05) is 55.1 Å². The summed E-state index contributed by atoms with van der Waals surface area (Å²) in [7, 11) is 0. The molecule has 0 bridgehead atoms. The summed E-state index contributed by atoms with van der Waals surface area (Å²) in [6, 6.07) is 13.8. The Morgan fingerprint density at radius 2 is 1.87 bits per heavy atom. The average molecular weight is 433 g/mol. The van der Waals surface area contributed by atoms with Crippen LogP contribution in [0.4, 0.5) is 0 Å². The molecule has 31 heavy (non-hydrogen) atoms. The fraction of sp³-hybridized carbons (Fsp3) is 0.240. The zero-order valence-electron chi connectivity index (χ0n) is 17.9. The number of fused-ring (bicyclic) bond motifs is 1. The number of nitrogens with zero attached hydrogens (tertiary/aromatic N) is 3. The highest BCUT2D eigenvalue weighted by molar-refractivity contribution is 6.32. The molecule has 0 aliphatic rings. The first-order chi connectivity index (χ1) is 15.0. The molecule has 0 aliphatic heterocycles. The van der Waals surface area contributed by atoms with E-state index in [2.05, 4.69) is 29.5 Å². The van der Waals surface area contributed by atoms with E-state index in [0.717, 1.165) is 46.3 Å². The van der Waals surface area contributed by atoms with Crippen molar-refractivity contribution in [2.24, 2.45) is 0 Å². The Kier molecular flexibility index (Phi) is 6.05. The number of amides is 1. The number of rotatable bonds is 6. The molecule has 5 nitrogen and oxygen atoms in total. The van der Waals surface area contributed by atoms with Gasteiger partial charge in [-0.2, -0.15) is 5.10 Å². The number of pyridine rings is 1. The van der Waals surface area contributed by atoms with Crippen LogP contribution < -0.4 is 5.32 Å². The first-order valence-electron chi connectivity index (χ1n) is 10.5. The van der Waals surface area contributed by atoms with Crippen molar-refractivity contribution in [2.75, 3.05) is 0 Å². The van der Waals surface area contributed by atoms with Crippen LogP contribution in [0.3, 0.4) is 0 Å². The third-order valence-corrected chi connectivity index (χ3v) is 5.94. The lowest BCUT2D eigenvalue weighted by molar-refractivity contribution is 0.0952. The maximum atomic E-state index is 13.2. The van der Waals surface area contributed by atoms with Crippen LogP contribution in [0.2, 0.25) is 5.02 Å². The molecule has 4 aromatic rings. The maximum Gasteiger partial charge on any atom is 0.252 e. The van der Waals surface area contributed by atoms with Gasteiger partial charge in [0.2, 0.25) is 0 Å². The average Bonchev–Trinajstić information content (AvgIpc) is 3.27. The largest absolute Gasteiger partial charge is 0.348 e. The number of carbonyl (C=O) groups is 1. The van der Waals surface area contributed by atoms with Crippen LogP contribution in [0.25, 0.3) is 22.2 Å². The number of carbonyl (C=O) groups excluding carboxylic acids is 1. The molecule has 4 rings (SSSR count). The minimum Gasteiger partial charge on any atom is -0.348 e. The highest BCUT2D eigenvalue weighted by Crippen LogP contribution is 2.30. The summed E-state index contributed by atoms with van der Waals surface area (Å²) in [6.07, 6.45) is 4.69. The molecule has 2 heterocycles. The van der Waals surface area contributed by atoms with E-state index in [4.69, 9.17) is 16.6 Å². The van der Waals surface area contributed by atoms with Crippen molar-refractivity contribution in [1.29, 1.82) is 0 Å². The smallest absolute Gasteiger partial charge is 0.252 e. The van der Waals surface area contributed by atoms with E-state index in [0.29, 0.717) is 17.1 Å². The summed E-state index contributed by atoms with van der Waals surface area (Å²) in [5, 5.41) is 8.71. The zero-order chi connectivity index (χ0) is 22.0. The van der Waals surface area contributed by atoms with Gasteiger partial charge in [0.1, 0.15) is 0 Å². The second-order valence-corrected chi connectivity index (χ2v) is 7.97. The summed E-state index contributed by atoms with van der Waals surface area (Å²) in [5.74, 6) is -0.148. The van der Waals surface area contributed by atoms with Gasteiger partial charge < -0.3 is 5.32 Å². The highest BCUT2D eigenvalue weighted by atomic mass is 35.5. The van der Waals surface area contributed by atoms with Gasteiger partial charge in [0.15, 0.2) is 0 Å². The van der Waals surface area contributed by atoms with Crippen molar-refractivity contribution in [3.05, 3.63) is 82.1 Å². The minimum atomic E-state index is -0.148. The summed E-state index contributed by atoms with van der Waals surface area (Å²) < 4.78 is 1.84. The molecule has 0 saturated carbocycles. The molecule has 6 heteroatoms. The van der Waals surface area contributed by atoms with Crippen molar-refractivity contribution < 1.29 is 4.79 Å². The Labute approximate surface area is 187 Å². The minimum absolute atomic E-state index is 0.148. The molecule has 0 fully saturated rings. The number of nitrogens with one attached hydrogen (secondary N) is 1. The fourth-order valence-corrected chi connectivity index (χ4v) is 3.75. The molecule has 1 N–H and O–H groups in total. The topological polar surface area (TPSA) is 59.8 Å². The van der Waals surface area contributed by atoms with Gasteiger partial charge in [-0.1, -0.05) is 48.9 Å². The maximum absolute atomic E-state index is 13.2. The fourth-order valence-electron chi connectivity index (χ4n) is 3.60. The van der Waals surface area contributed by atoms with Crippen LogP contribution in [0, 0.1) is 6.92 Å². The van der Waals surface area contributed by atoms with E-state index in [1.165, 1.54) is 5.56 Å². The van der Waals surface area contributed by atoms with Crippen molar-refractivity contribution in [2.45, 2.75) is 40.3 Å². The lowest BCUT2D eigenvalue weighted by Gasteiger charge is -2.13. The lowest BCUT2D eigenvalue weighted by atomic mass is 10.0. The molecule has 0 aliphatic carbocycles. The number of hydrogen-bond acceptors (Lipinski definition) is 3. The van der Waals surface area contributed by atoms with Gasteiger partial charge in [0, 0.05) is 40.8 Å². The summed E-state index contributed by atoms with van der Waals surface area (Å²) in [4.78, 5) is 18.0. The summed E-state index contributed by atoms with van der Waals surface area (Å²) >= 11 is 6.36. The lowest BCUT2D eigenvalue weighted by Crippen LogP contribution is -2.23. The van der Waals surface area contributed by atoms with Crippen molar-refractivity contribution >= 4 is 28.4 Å². The number of benzene rings is 2. The van der Waals surface area contributed by atoms with Gasteiger partial charge in [-0.25, -0.2) is 4.98 Å². The third-order valence-electron chi connectivity index (χ3n) is 5.53. The molecule has 2 aromatic heterocycles. The number of aryl methyl sites for hydroxylation is 3. The van der Waals surface area contributed by atoms with Crippen LogP contribution in [-0.2, 0) is 19.5 Å². The summed E-state index contributed by atoms with van der Waals surface area (Å²) in [6.45, 7) is 7.29. The van der Waals surface area contributed by atoms with E-state index in [-0.39, 0.29) is 5.91 Å². The third kappa shape index (κ3) is 4.32. The molecule has 2 aromatic carbocycles. The number of halogens is 1. The Bertz CT molecular complexity index is 1240. The Balaban J connectivity index is 1.74. The van der Waals surface area contributed by atoms with Crippen molar-refractivity contribution in [3.63, 3.8) is 0 Å². The van der Waals surface area contributed by atoms with Crippen LogP contribution in [0.15, 0.2) is 54.9 Å². The highest BCUT2D eigenvalue weighted by Gasteiger charge is 2.16. The van der Waals surface area contributed by atoms with E-state index in [9.17, 15) is 4.79 Å². The van der Waals surface area contributed by atoms with Gasteiger partial charge in [-0.05, 0) is 43.5 Å². The molecular formula is C25H25ClN4O. The van der Waals surface area contributed by atoms with E-state index >= 15 is 0 Å². The van der Waals surface area contributed by atoms with Crippen molar-refractivity contribution in [3.8, 4) is 11.3 Å². The summed E-state index contributed by atoms with van der Waals surface area (Å²) in [5.41, 5.74) is 6.14. The first-order valence-corrected chi connectivity index (χ1v) is 10.9. The Morgan fingerprint density at radius 3 is 2.55 bits per heavy atom. The molecule has 0 radical (unpaired) electrons. The monoisotopic (exact) mass is 432 g/mol. The standard InChI is InChI=1S/C25H25ClN4O/c1-4-17-6-8-19(9-7-17)23-12-21(20-10-11-22(26)16(3)24(20)29-23)25(31)27-13-18-14-28-30(5-2)15-18/h6-12,14-15H,4-5,13H2,1-3H3,(H,27,31). The molecule has 0 atom stereocenters. The van der Waals surface area contributed by atoms with Gasteiger partial charge in [-0.15, -0.1) is 0 Å². The Hall–Kier alpha value is -3.18. The Morgan fingerprint density at radius 1 is 1.10 bits per heavy atom. The molecule has 1 amide bonds. The zero-order valence-corrected chi connectivity index (χ0v) is 18.7. The molecule has 0 unspecified atom stereocenters. The predicted octanol–water partition coefficient (Wildman–Crippen LogP) is 5.57. The quantitative estimate of drug-likeness (QED) is 0.433. The van der Waals surface area contributed by atoms with Gasteiger partial charge >= 0.3 is 0 Å². The molecule has 158 valence electrons. The van der Waals surface area contributed by atoms with Gasteiger partial charge in [0.05, 0.1) is 23.0 Å². The number of aromatic nitrogens is 3. The predicted molar refractivity (Wildman–Crippen MR) is 125 cm³/mol. The van der Waals surface area contributed by atoms with Gasteiger partial charge in [0.25, 0.3) is 5.91 Å².